The number of nitrogens with one attached hydrogen (secondary N) is 1. The highest BCUT2D eigenvalue weighted by Gasteiger charge is 2.20. The molecule has 0 spiro atoms. The Kier molecular flexibility index (Phi) is 10.7. The molecule has 5 aromatic carbocycles. The number of imidazole rings is 1. The minimum atomic E-state index is -0.408. The average Bonchev–Trinajstić information content (AvgIpc) is 3.50. The maximum atomic E-state index is 14.3. The van der Waals surface area contributed by atoms with Crippen LogP contribution in [0.1, 0.15) is 65.5 Å². The van der Waals surface area contributed by atoms with Crippen molar-refractivity contribution in [1.82, 2.24) is 14.5 Å². The molecule has 6 rings (SSSR count). The molecule has 9 nitrogen and oxygen atoms in total. The number of hydrogen-bond acceptors (Lipinski definition) is 6. The third kappa shape index (κ3) is 8.40. The first kappa shape index (κ1) is 34.8. The van der Waals surface area contributed by atoms with E-state index in [0.29, 0.717) is 49.3 Å². The standard InChI is InChI=1S/C42H42N6O3/c1-28-3-5-33(6-4-28)27-48-38-21-20-36(23-37(38)46-39(48)22-15-29-11-16-34(17-12-29)40(44)45)41(49)47(25-31-9-7-30(24-43)8-10-31)26-32-13-18-35(19-14-32)42(50)51-2/h3-14,16-21,23H,15,22,24-27,43H2,1-2H3,(H3,44,45). The SMILES string of the molecule is COC(=O)c1ccc(CN(Cc2ccc(CN)cc2)C(=O)c2ccc3c(c2)nc(CCc2ccc(C(=N)N)cc2)n3Cc2ccc(C)cc2)cc1. The van der Waals surface area contributed by atoms with Gasteiger partial charge >= 0.3 is 5.97 Å². The predicted octanol–water partition coefficient (Wildman–Crippen LogP) is 6.55. The molecule has 0 aliphatic heterocycles. The molecule has 0 unspecified atom stereocenters. The number of hydrogen-bond donors (Lipinski definition) is 3. The molecule has 258 valence electrons. The van der Waals surface area contributed by atoms with Gasteiger partial charge in [0.05, 0.1) is 23.7 Å². The fraction of sp³-hybridized carbons (Fsp3) is 0.190. The van der Waals surface area contributed by atoms with E-state index < -0.39 is 5.97 Å². The molecule has 0 saturated carbocycles. The van der Waals surface area contributed by atoms with Crippen LogP contribution in [0.5, 0.6) is 0 Å². The molecule has 0 radical (unpaired) electrons. The lowest BCUT2D eigenvalue weighted by molar-refractivity contribution is 0.0600. The predicted molar refractivity (Wildman–Crippen MR) is 201 cm³/mol. The largest absolute Gasteiger partial charge is 0.465 e. The molecule has 1 amide bonds. The summed E-state index contributed by atoms with van der Waals surface area (Å²) in [6.07, 6.45) is 1.45. The van der Waals surface area contributed by atoms with Crippen LogP contribution in [0, 0.1) is 12.3 Å². The number of benzene rings is 5. The molecule has 9 heteroatoms. The molecule has 0 aliphatic rings. The first-order chi connectivity index (χ1) is 24.7. The van der Waals surface area contributed by atoms with Gasteiger partial charge in [0, 0.05) is 43.7 Å². The van der Waals surface area contributed by atoms with E-state index in [0.717, 1.165) is 51.1 Å². The van der Waals surface area contributed by atoms with Crippen LogP contribution in [0.4, 0.5) is 0 Å². The Labute approximate surface area is 298 Å². The molecule has 6 aromatic rings. The van der Waals surface area contributed by atoms with Crippen LogP contribution in [0.25, 0.3) is 11.0 Å². The van der Waals surface area contributed by atoms with Crippen molar-refractivity contribution >= 4 is 28.7 Å². The Morgan fingerprint density at radius 2 is 1.27 bits per heavy atom. The number of fused-ring (bicyclic) bond motifs is 1. The number of nitrogens with zero attached hydrogens (tertiary/aromatic N) is 3. The Morgan fingerprint density at radius 3 is 1.88 bits per heavy atom. The van der Waals surface area contributed by atoms with Crippen molar-refractivity contribution in [3.05, 3.63) is 171 Å². The summed E-state index contributed by atoms with van der Waals surface area (Å²) in [5.41, 5.74) is 21.3. The van der Waals surface area contributed by atoms with E-state index >= 15 is 0 Å². The van der Waals surface area contributed by atoms with Crippen molar-refractivity contribution in [3.8, 4) is 0 Å². The summed E-state index contributed by atoms with van der Waals surface area (Å²) in [7, 11) is 1.35. The highest BCUT2D eigenvalue weighted by Crippen LogP contribution is 2.24. The quantitative estimate of drug-likeness (QED) is 0.0719. The number of rotatable bonds is 13. The lowest BCUT2D eigenvalue weighted by Crippen LogP contribution is -2.30. The zero-order chi connectivity index (χ0) is 35.9. The van der Waals surface area contributed by atoms with Gasteiger partial charge in [0.1, 0.15) is 11.7 Å². The van der Waals surface area contributed by atoms with Crippen molar-refractivity contribution in [2.45, 2.75) is 45.9 Å². The number of ether oxygens (including phenoxy) is 1. The number of aromatic nitrogens is 2. The molecule has 0 atom stereocenters. The number of carbonyl (C=O) groups excluding carboxylic acids is 2. The number of carbonyl (C=O) groups is 2. The summed E-state index contributed by atoms with van der Waals surface area (Å²) in [6.45, 7) is 3.89. The van der Waals surface area contributed by atoms with Gasteiger partial charge in [-0.2, -0.15) is 0 Å². The normalized spacial score (nSPS) is 11.0. The molecular formula is C42H42N6O3. The average molecular weight is 679 g/mol. The molecule has 0 saturated heterocycles. The van der Waals surface area contributed by atoms with Gasteiger partial charge < -0.3 is 25.7 Å². The van der Waals surface area contributed by atoms with Gasteiger partial charge in [0.15, 0.2) is 0 Å². The number of nitrogen functional groups attached to an aromatic ring is 1. The summed E-state index contributed by atoms with van der Waals surface area (Å²) in [5.74, 6) is 0.437. The molecule has 1 heterocycles. The number of nitrogens with two attached hydrogens (primary N) is 2. The summed E-state index contributed by atoms with van der Waals surface area (Å²) >= 11 is 0. The first-order valence-corrected chi connectivity index (χ1v) is 16.9. The summed E-state index contributed by atoms with van der Waals surface area (Å²) in [6, 6.07) is 37.1. The van der Waals surface area contributed by atoms with Crippen LogP contribution in [-0.4, -0.2) is 39.3 Å². The van der Waals surface area contributed by atoms with Crippen molar-refractivity contribution in [2.75, 3.05) is 7.11 Å². The zero-order valence-corrected chi connectivity index (χ0v) is 28.9. The van der Waals surface area contributed by atoms with E-state index in [1.165, 1.54) is 12.7 Å². The maximum Gasteiger partial charge on any atom is 0.337 e. The second-order valence-electron chi connectivity index (χ2n) is 12.8. The summed E-state index contributed by atoms with van der Waals surface area (Å²) < 4.78 is 7.09. The summed E-state index contributed by atoms with van der Waals surface area (Å²) in [5, 5.41) is 7.70. The van der Waals surface area contributed by atoms with Crippen LogP contribution in [-0.2, 0) is 43.8 Å². The maximum absolute atomic E-state index is 14.3. The number of esters is 1. The highest BCUT2D eigenvalue weighted by atomic mass is 16.5. The number of amides is 1. The van der Waals surface area contributed by atoms with E-state index in [-0.39, 0.29) is 11.7 Å². The lowest BCUT2D eigenvalue weighted by atomic mass is 10.1. The van der Waals surface area contributed by atoms with Crippen molar-refractivity contribution in [1.29, 1.82) is 5.41 Å². The van der Waals surface area contributed by atoms with Crippen LogP contribution >= 0.6 is 0 Å². The van der Waals surface area contributed by atoms with E-state index in [4.69, 9.17) is 26.6 Å². The Bertz CT molecular complexity index is 2150. The zero-order valence-electron chi connectivity index (χ0n) is 28.9. The molecule has 0 bridgehead atoms. The van der Waals surface area contributed by atoms with Crippen molar-refractivity contribution in [2.24, 2.45) is 11.5 Å². The van der Waals surface area contributed by atoms with Crippen LogP contribution in [0.15, 0.2) is 115 Å². The van der Waals surface area contributed by atoms with E-state index in [2.05, 4.69) is 35.8 Å². The molecular weight excluding hydrogens is 637 g/mol. The van der Waals surface area contributed by atoms with Gasteiger partial charge in [-0.1, -0.05) is 90.5 Å². The lowest BCUT2D eigenvalue weighted by Gasteiger charge is -2.23. The van der Waals surface area contributed by atoms with Crippen LogP contribution < -0.4 is 11.5 Å². The second-order valence-corrected chi connectivity index (χ2v) is 12.8. The van der Waals surface area contributed by atoms with Gasteiger partial charge in [-0.15, -0.1) is 0 Å². The Hall–Kier alpha value is -6.06. The van der Waals surface area contributed by atoms with Crippen LogP contribution in [0.2, 0.25) is 0 Å². The fourth-order valence-corrected chi connectivity index (χ4v) is 6.13. The number of aryl methyl sites for hydroxylation is 3. The fourth-order valence-electron chi connectivity index (χ4n) is 6.13. The Morgan fingerprint density at radius 1 is 0.725 bits per heavy atom. The topological polar surface area (TPSA) is 140 Å². The molecule has 5 N–H and O–H groups in total. The van der Waals surface area contributed by atoms with Crippen molar-refractivity contribution < 1.29 is 14.3 Å². The van der Waals surface area contributed by atoms with Gasteiger partial charge in [-0.25, -0.2) is 9.78 Å². The third-order valence-corrected chi connectivity index (χ3v) is 9.11. The van der Waals surface area contributed by atoms with Crippen LogP contribution in [0.3, 0.4) is 0 Å². The monoisotopic (exact) mass is 678 g/mol. The van der Waals surface area contributed by atoms with E-state index in [9.17, 15) is 9.59 Å². The minimum Gasteiger partial charge on any atom is -0.465 e. The second kappa shape index (κ2) is 15.7. The smallest absolute Gasteiger partial charge is 0.337 e. The van der Waals surface area contributed by atoms with Crippen molar-refractivity contribution in [3.63, 3.8) is 0 Å². The molecule has 51 heavy (non-hydrogen) atoms. The van der Waals surface area contributed by atoms with Gasteiger partial charge in [0.2, 0.25) is 0 Å². The van der Waals surface area contributed by atoms with E-state index in [1.807, 2.05) is 78.9 Å². The van der Waals surface area contributed by atoms with Gasteiger partial charge in [-0.3, -0.25) is 10.2 Å². The highest BCUT2D eigenvalue weighted by molar-refractivity contribution is 5.97. The van der Waals surface area contributed by atoms with Gasteiger partial charge in [0.25, 0.3) is 5.91 Å². The van der Waals surface area contributed by atoms with E-state index in [1.54, 1.807) is 17.0 Å². The molecule has 0 aliphatic carbocycles. The third-order valence-electron chi connectivity index (χ3n) is 9.11. The minimum absolute atomic E-state index is 0.0475. The molecule has 1 aromatic heterocycles. The number of methoxy groups -OCH3 is 1. The summed E-state index contributed by atoms with van der Waals surface area (Å²) in [4.78, 5) is 33.2. The van der Waals surface area contributed by atoms with Gasteiger partial charge in [-0.05, 0) is 71.5 Å². The number of amidine groups is 1. The first-order valence-electron chi connectivity index (χ1n) is 16.9. The Balaban J connectivity index is 1.32. The molecule has 0 fully saturated rings.